The molecule has 0 radical (unpaired) electrons. The van der Waals surface area contributed by atoms with Crippen molar-refractivity contribution in [2.45, 2.75) is 18.4 Å². The van der Waals surface area contributed by atoms with Crippen molar-refractivity contribution in [2.24, 2.45) is 0 Å². The number of Topliss-reactive ketones (excluding diaryl/α,β-unsaturated/α-hetero) is 1. The van der Waals surface area contributed by atoms with Gasteiger partial charge in [-0.15, -0.1) is 0 Å². The fourth-order valence-corrected chi connectivity index (χ4v) is 2.80. The van der Waals surface area contributed by atoms with Crippen LogP contribution in [0, 0.1) is 0 Å². The summed E-state index contributed by atoms with van der Waals surface area (Å²) in [5.74, 6) is -4.13. The largest absolute Gasteiger partial charge is 0.504 e. The van der Waals surface area contributed by atoms with E-state index in [-0.39, 0.29) is 17.0 Å². The maximum Gasteiger partial charge on any atom is 0.313 e. The monoisotopic (exact) mass is 391 g/mol. The topological polar surface area (TPSA) is 148 Å². The maximum atomic E-state index is 12.2. The van der Waals surface area contributed by atoms with E-state index in [1.54, 1.807) is 24.3 Å². The van der Waals surface area contributed by atoms with Gasteiger partial charge < -0.3 is 25.2 Å². The number of amides is 1. The van der Waals surface area contributed by atoms with E-state index in [1.165, 1.54) is 7.11 Å². The molecule has 2 rings (SSSR count). The third-order valence-electron chi connectivity index (χ3n) is 4.27. The summed E-state index contributed by atoms with van der Waals surface area (Å²) < 4.78 is 5.06. The van der Waals surface area contributed by atoms with Crippen molar-refractivity contribution in [1.82, 2.24) is 5.06 Å². The van der Waals surface area contributed by atoms with Gasteiger partial charge in [-0.1, -0.05) is 12.1 Å². The molecule has 150 valence electrons. The van der Waals surface area contributed by atoms with Crippen molar-refractivity contribution in [3.8, 4) is 23.0 Å². The van der Waals surface area contributed by atoms with E-state index < -0.39 is 41.0 Å². The van der Waals surface area contributed by atoms with Crippen LogP contribution in [-0.2, 0) is 21.6 Å². The fraction of sp³-hybridized carbons (Fsp3) is 0.263. The number of benzene rings is 2. The van der Waals surface area contributed by atoms with Crippen LogP contribution in [0.4, 0.5) is 0 Å². The minimum absolute atomic E-state index is 0.0876. The Hall–Kier alpha value is -3.30. The van der Waals surface area contributed by atoms with Crippen LogP contribution in [0.5, 0.6) is 23.0 Å². The zero-order valence-corrected chi connectivity index (χ0v) is 15.3. The summed E-state index contributed by atoms with van der Waals surface area (Å²) in [5.41, 5.74) is -1.85. The van der Waals surface area contributed by atoms with Gasteiger partial charge in [-0.25, -0.2) is 5.06 Å². The predicted octanol–water partition coefficient (Wildman–Crippen LogP) is 1.05. The summed E-state index contributed by atoms with van der Waals surface area (Å²) in [7, 11) is 2.45. The number of phenolic OH excluding ortho intramolecular Hbond substituents is 3. The molecule has 2 aromatic rings. The van der Waals surface area contributed by atoms with E-state index in [2.05, 4.69) is 0 Å². The van der Waals surface area contributed by atoms with Gasteiger partial charge in [0.15, 0.2) is 11.5 Å². The van der Waals surface area contributed by atoms with E-state index in [4.69, 9.17) is 4.74 Å². The molecule has 28 heavy (non-hydrogen) atoms. The molecule has 9 nitrogen and oxygen atoms in total. The first-order valence-electron chi connectivity index (χ1n) is 8.18. The first-order valence-corrected chi connectivity index (χ1v) is 8.18. The number of phenols is 3. The molecule has 0 saturated heterocycles. The Labute approximate surface area is 160 Å². The highest BCUT2D eigenvalue weighted by Gasteiger charge is 2.38. The zero-order valence-electron chi connectivity index (χ0n) is 15.3. The number of hydroxylamine groups is 2. The molecular weight excluding hydrogens is 370 g/mol. The van der Waals surface area contributed by atoms with Crippen LogP contribution in [0.3, 0.4) is 0 Å². The van der Waals surface area contributed by atoms with Crippen molar-refractivity contribution >= 4 is 11.7 Å². The van der Waals surface area contributed by atoms with Gasteiger partial charge in [-0.05, 0) is 29.8 Å². The lowest BCUT2D eigenvalue weighted by atomic mass is 9.82. The van der Waals surface area contributed by atoms with Crippen LogP contribution in [-0.4, -0.2) is 56.5 Å². The molecule has 1 atom stereocenters. The Bertz CT molecular complexity index is 878. The van der Waals surface area contributed by atoms with Crippen molar-refractivity contribution in [1.29, 1.82) is 0 Å². The van der Waals surface area contributed by atoms with Crippen LogP contribution in [0.1, 0.15) is 17.5 Å². The Morgan fingerprint density at radius 2 is 1.64 bits per heavy atom. The van der Waals surface area contributed by atoms with E-state index >= 15 is 0 Å². The number of nitrogens with zero attached hydrogens (tertiary/aromatic N) is 1. The van der Waals surface area contributed by atoms with Crippen LogP contribution in [0.2, 0.25) is 0 Å². The van der Waals surface area contributed by atoms with Gasteiger partial charge >= 0.3 is 5.91 Å². The summed E-state index contributed by atoms with van der Waals surface area (Å²) in [6.07, 6.45) is -1.01. The fourth-order valence-electron chi connectivity index (χ4n) is 2.80. The lowest BCUT2D eigenvalue weighted by Crippen LogP contribution is -2.38. The third-order valence-corrected chi connectivity index (χ3v) is 4.27. The number of hydrogen-bond acceptors (Lipinski definition) is 8. The maximum absolute atomic E-state index is 12.2. The number of likely N-dealkylation sites (N-methyl/N-ethyl adjacent to an activating group) is 1. The molecule has 1 amide bonds. The lowest BCUT2D eigenvalue weighted by molar-refractivity contribution is -0.167. The number of hydrogen-bond donors (Lipinski definition) is 5. The Balaban J connectivity index is 2.49. The molecular formula is C19H21NO8. The molecule has 0 spiro atoms. The number of carbonyl (C=O) groups is 2. The van der Waals surface area contributed by atoms with Crippen molar-refractivity contribution < 1.29 is 40.0 Å². The molecule has 5 N–H and O–H groups in total. The van der Waals surface area contributed by atoms with Gasteiger partial charge in [0.05, 0.1) is 7.11 Å². The molecule has 0 aromatic heterocycles. The van der Waals surface area contributed by atoms with Gasteiger partial charge in [0.1, 0.15) is 11.4 Å². The zero-order chi connectivity index (χ0) is 21.1. The minimum atomic E-state index is -2.12. The number of aliphatic hydroxyl groups is 1. The molecule has 2 aromatic carbocycles. The number of aromatic hydroxyl groups is 3. The summed E-state index contributed by atoms with van der Waals surface area (Å²) in [4.78, 5) is 23.9. The average molecular weight is 391 g/mol. The third kappa shape index (κ3) is 4.33. The molecule has 0 fully saturated rings. The first kappa shape index (κ1) is 21.0. The molecule has 0 aliphatic heterocycles. The number of rotatable bonds is 7. The molecule has 0 aliphatic carbocycles. The Kier molecular flexibility index (Phi) is 6.12. The number of carbonyl (C=O) groups excluding carboxylic acids is 2. The number of methoxy groups -OCH3 is 1. The standard InChI is InChI=1S/C19H21NO8/c1-20(27)18(25)15(22)10-19(26,9-11-3-5-12(28-2)6-4-11)13-7-8-14(21)17(24)16(13)23/h3-8,21,23-24,26-27H,9-10H2,1-2H3/t19-/m1/s1. The molecule has 0 saturated carbocycles. The van der Waals surface area contributed by atoms with Crippen LogP contribution >= 0.6 is 0 Å². The first-order chi connectivity index (χ1) is 13.1. The summed E-state index contributed by atoms with van der Waals surface area (Å²) in [6.45, 7) is 0. The minimum Gasteiger partial charge on any atom is -0.504 e. The molecule has 0 aliphatic rings. The van der Waals surface area contributed by atoms with Crippen molar-refractivity contribution in [3.05, 3.63) is 47.5 Å². The average Bonchev–Trinajstić information content (AvgIpc) is 2.65. The molecule has 0 heterocycles. The second kappa shape index (κ2) is 8.15. The van der Waals surface area contributed by atoms with Crippen LogP contribution in [0.15, 0.2) is 36.4 Å². The molecule has 0 unspecified atom stereocenters. The van der Waals surface area contributed by atoms with Crippen LogP contribution in [0.25, 0.3) is 0 Å². The van der Waals surface area contributed by atoms with Gasteiger partial charge in [0, 0.05) is 25.5 Å². The van der Waals surface area contributed by atoms with Gasteiger partial charge in [-0.2, -0.15) is 0 Å². The SMILES string of the molecule is COc1ccc(C[C@@](O)(CC(=O)C(=O)N(C)O)c2ccc(O)c(O)c2O)cc1. The number of ether oxygens (including phenoxy) is 1. The quantitative estimate of drug-likeness (QED) is 0.204. The molecule has 9 heteroatoms. The second-order valence-electron chi connectivity index (χ2n) is 6.31. The van der Waals surface area contributed by atoms with E-state index in [0.717, 1.165) is 19.2 Å². The highest BCUT2D eigenvalue weighted by Crippen LogP contribution is 2.44. The normalized spacial score (nSPS) is 12.9. The molecule has 0 bridgehead atoms. The van der Waals surface area contributed by atoms with Gasteiger partial charge in [-0.3, -0.25) is 14.8 Å². The van der Waals surface area contributed by atoms with Crippen molar-refractivity contribution in [3.63, 3.8) is 0 Å². The van der Waals surface area contributed by atoms with Gasteiger partial charge in [0.25, 0.3) is 0 Å². The van der Waals surface area contributed by atoms with E-state index in [9.17, 15) is 35.2 Å². The Morgan fingerprint density at radius 1 is 1.04 bits per heavy atom. The van der Waals surface area contributed by atoms with Crippen LogP contribution < -0.4 is 4.74 Å². The van der Waals surface area contributed by atoms with E-state index in [1.807, 2.05) is 0 Å². The highest BCUT2D eigenvalue weighted by atomic mass is 16.5. The predicted molar refractivity (Wildman–Crippen MR) is 96.2 cm³/mol. The summed E-state index contributed by atoms with van der Waals surface area (Å²) in [5, 5.41) is 50.0. The van der Waals surface area contributed by atoms with E-state index in [0.29, 0.717) is 11.3 Å². The van der Waals surface area contributed by atoms with Gasteiger partial charge in [0.2, 0.25) is 11.5 Å². The summed E-state index contributed by atoms with van der Waals surface area (Å²) >= 11 is 0. The Morgan fingerprint density at radius 3 is 2.18 bits per heavy atom. The van der Waals surface area contributed by atoms with Crippen molar-refractivity contribution in [2.75, 3.05) is 14.2 Å². The lowest BCUT2D eigenvalue weighted by Gasteiger charge is -2.29. The highest BCUT2D eigenvalue weighted by molar-refractivity contribution is 6.35. The second-order valence-corrected chi connectivity index (χ2v) is 6.31. The smallest absolute Gasteiger partial charge is 0.313 e. The number of ketones is 1. The summed E-state index contributed by atoms with van der Waals surface area (Å²) in [6, 6.07) is 8.65.